The predicted octanol–water partition coefficient (Wildman–Crippen LogP) is 2.01. The molecular formula is C9H9ClN2O2S. The number of anilines is 1. The second kappa shape index (κ2) is 3.21. The summed E-state index contributed by atoms with van der Waals surface area (Å²) in [4.78, 5) is 0.185. The number of fused-ring (bicyclic) bond motifs is 1. The Kier molecular flexibility index (Phi) is 2.24. The van der Waals surface area contributed by atoms with E-state index >= 15 is 0 Å². The maximum Gasteiger partial charge on any atom is 0.287 e. The van der Waals surface area contributed by atoms with Crippen LogP contribution < -0.4 is 5.32 Å². The van der Waals surface area contributed by atoms with Crippen molar-refractivity contribution in [2.75, 3.05) is 5.32 Å². The zero-order chi connectivity index (χ0) is 11.2. The first-order valence-corrected chi connectivity index (χ1v) is 6.11. The summed E-state index contributed by atoms with van der Waals surface area (Å²) in [5.41, 5.74) is 2.23. The first kappa shape index (κ1) is 10.4. The van der Waals surface area contributed by atoms with Crippen LogP contribution in [0.1, 0.15) is 11.1 Å². The molecule has 0 aliphatic carbocycles. The predicted molar refractivity (Wildman–Crippen MR) is 60.0 cm³/mol. The Morgan fingerprint density at radius 3 is 2.67 bits per heavy atom. The number of rotatable bonds is 0. The van der Waals surface area contributed by atoms with Crippen molar-refractivity contribution in [3.63, 3.8) is 0 Å². The normalized spacial score (nSPS) is 17.7. The van der Waals surface area contributed by atoms with Gasteiger partial charge in [-0.25, -0.2) is 0 Å². The zero-order valence-electron chi connectivity index (χ0n) is 8.20. The highest BCUT2D eigenvalue weighted by Crippen LogP contribution is 2.31. The van der Waals surface area contributed by atoms with E-state index in [1.54, 1.807) is 6.07 Å². The number of sulfonamides is 1. The summed E-state index contributed by atoms with van der Waals surface area (Å²) in [6, 6.07) is 3.47. The number of nitrogens with zero attached hydrogens (tertiary/aromatic N) is 1. The number of hydrogen-bond acceptors (Lipinski definition) is 3. The SMILES string of the molecule is Cc1cc(C)c2c(c1)S(=O)(=O)N=C(Cl)N2. The lowest BCUT2D eigenvalue weighted by Crippen LogP contribution is -2.18. The van der Waals surface area contributed by atoms with E-state index in [9.17, 15) is 8.42 Å². The number of nitrogens with one attached hydrogen (secondary N) is 1. The molecular weight excluding hydrogens is 236 g/mol. The van der Waals surface area contributed by atoms with E-state index in [1.165, 1.54) is 0 Å². The van der Waals surface area contributed by atoms with E-state index in [1.807, 2.05) is 19.9 Å². The third-order valence-electron chi connectivity index (χ3n) is 2.15. The molecule has 0 radical (unpaired) electrons. The largest absolute Gasteiger partial charge is 0.328 e. The molecule has 1 aromatic rings. The van der Waals surface area contributed by atoms with Gasteiger partial charge in [0.05, 0.1) is 5.69 Å². The molecule has 80 valence electrons. The average Bonchev–Trinajstić information content (AvgIpc) is 2.06. The Morgan fingerprint density at radius 1 is 1.33 bits per heavy atom. The summed E-state index contributed by atoms with van der Waals surface area (Å²) in [5.74, 6) is 0. The Bertz CT molecular complexity index is 564. The van der Waals surface area contributed by atoms with E-state index in [4.69, 9.17) is 11.6 Å². The molecule has 6 heteroatoms. The number of halogens is 1. The molecule has 0 spiro atoms. The number of benzene rings is 1. The van der Waals surface area contributed by atoms with Crippen LogP contribution in [0.2, 0.25) is 0 Å². The lowest BCUT2D eigenvalue weighted by molar-refractivity contribution is 0.598. The van der Waals surface area contributed by atoms with Crippen molar-refractivity contribution in [2.24, 2.45) is 4.40 Å². The smallest absolute Gasteiger partial charge is 0.287 e. The molecule has 0 saturated heterocycles. The van der Waals surface area contributed by atoms with Crippen LogP contribution in [0.4, 0.5) is 5.69 Å². The minimum absolute atomic E-state index is 0.116. The van der Waals surface area contributed by atoms with E-state index < -0.39 is 10.0 Å². The molecule has 1 aliphatic rings. The number of aryl methyl sites for hydroxylation is 2. The van der Waals surface area contributed by atoms with Crippen molar-refractivity contribution < 1.29 is 8.42 Å². The topological polar surface area (TPSA) is 58.5 Å². The van der Waals surface area contributed by atoms with Crippen LogP contribution in [0, 0.1) is 13.8 Å². The van der Waals surface area contributed by atoms with Gasteiger partial charge in [-0.1, -0.05) is 6.07 Å². The molecule has 0 fully saturated rings. The maximum atomic E-state index is 11.7. The number of amidine groups is 1. The van der Waals surface area contributed by atoms with Gasteiger partial charge in [0.2, 0.25) is 5.29 Å². The molecule has 2 rings (SSSR count). The molecule has 15 heavy (non-hydrogen) atoms. The van der Waals surface area contributed by atoms with Crippen LogP contribution >= 0.6 is 11.6 Å². The highest BCUT2D eigenvalue weighted by molar-refractivity contribution is 7.90. The van der Waals surface area contributed by atoms with Gasteiger partial charge in [-0.05, 0) is 42.6 Å². The van der Waals surface area contributed by atoms with Gasteiger partial charge in [0, 0.05) is 0 Å². The monoisotopic (exact) mass is 244 g/mol. The Hall–Kier alpha value is -1.07. The molecule has 0 saturated carbocycles. The van der Waals surface area contributed by atoms with Gasteiger partial charge in [-0.3, -0.25) is 0 Å². The fraction of sp³-hybridized carbons (Fsp3) is 0.222. The Balaban J connectivity index is 2.80. The molecule has 0 bridgehead atoms. The quantitative estimate of drug-likeness (QED) is 0.711. The van der Waals surface area contributed by atoms with Crippen LogP contribution in [0.25, 0.3) is 0 Å². The van der Waals surface area contributed by atoms with E-state index in [-0.39, 0.29) is 10.2 Å². The molecule has 0 amide bonds. The maximum absolute atomic E-state index is 11.7. The first-order chi connectivity index (χ1) is 6.90. The molecule has 4 nitrogen and oxygen atoms in total. The fourth-order valence-corrected chi connectivity index (χ4v) is 3.10. The second-order valence-corrected chi connectivity index (χ2v) is 5.37. The Labute approximate surface area is 93.0 Å². The van der Waals surface area contributed by atoms with E-state index in [2.05, 4.69) is 9.71 Å². The first-order valence-electron chi connectivity index (χ1n) is 4.29. The van der Waals surface area contributed by atoms with Gasteiger partial charge >= 0.3 is 0 Å². The highest BCUT2D eigenvalue weighted by Gasteiger charge is 2.25. The van der Waals surface area contributed by atoms with Crippen molar-refractivity contribution in [2.45, 2.75) is 18.7 Å². The molecule has 0 unspecified atom stereocenters. The summed E-state index contributed by atoms with van der Waals surface area (Å²) in [6.07, 6.45) is 0. The molecule has 0 atom stereocenters. The summed E-state index contributed by atoms with van der Waals surface area (Å²) in [7, 11) is -3.64. The van der Waals surface area contributed by atoms with Gasteiger partial charge in [0.25, 0.3) is 10.0 Å². The highest BCUT2D eigenvalue weighted by atomic mass is 35.5. The van der Waals surface area contributed by atoms with Crippen LogP contribution in [0.15, 0.2) is 21.4 Å². The number of hydrogen-bond donors (Lipinski definition) is 1. The van der Waals surface area contributed by atoms with Crippen molar-refractivity contribution in [3.05, 3.63) is 23.3 Å². The average molecular weight is 245 g/mol. The van der Waals surface area contributed by atoms with Gasteiger partial charge in [0.15, 0.2) is 0 Å². The van der Waals surface area contributed by atoms with Gasteiger partial charge in [-0.2, -0.15) is 8.42 Å². The lowest BCUT2D eigenvalue weighted by atomic mass is 10.1. The van der Waals surface area contributed by atoms with Crippen molar-refractivity contribution in [1.82, 2.24) is 0 Å². The minimum atomic E-state index is -3.64. The van der Waals surface area contributed by atoms with Crippen molar-refractivity contribution >= 4 is 32.6 Å². The summed E-state index contributed by atoms with van der Waals surface area (Å²) < 4.78 is 26.7. The third-order valence-corrected chi connectivity index (χ3v) is 3.73. The lowest BCUT2D eigenvalue weighted by Gasteiger charge is -2.17. The van der Waals surface area contributed by atoms with Crippen molar-refractivity contribution in [3.8, 4) is 0 Å². The molecule has 1 aromatic carbocycles. The van der Waals surface area contributed by atoms with E-state index in [0.717, 1.165) is 11.1 Å². The zero-order valence-corrected chi connectivity index (χ0v) is 9.78. The molecule has 1 heterocycles. The molecule has 1 N–H and O–H groups in total. The van der Waals surface area contributed by atoms with Crippen LogP contribution in [0.3, 0.4) is 0 Å². The van der Waals surface area contributed by atoms with Crippen LogP contribution in [0.5, 0.6) is 0 Å². The Morgan fingerprint density at radius 2 is 2.00 bits per heavy atom. The molecule has 1 aliphatic heterocycles. The van der Waals surface area contributed by atoms with Crippen LogP contribution in [-0.4, -0.2) is 13.7 Å². The van der Waals surface area contributed by atoms with Crippen molar-refractivity contribution in [1.29, 1.82) is 0 Å². The fourth-order valence-electron chi connectivity index (χ4n) is 1.57. The molecule has 0 aromatic heterocycles. The van der Waals surface area contributed by atoms with Gasteiger partial charge < -0.3 is 5.32 Å². The second-order valence-electron chi connectivity index (χ2n) is 3.44. The third kappa shape index (κ3) is 1.72. The van der Waals surface area contributed by atoms with E-state index in [0.29, 0.717) is 5.69 Å². The summed E-state index contributed by atoms with van der Waals surface area (Å²) in [5, 5.41) is 2.63. The standard InChI is InChI=1S/C9H9ClN2O2S/c1-5-3-6(2)8-7(4-5)15(13,14)12-9(10)11-8/h3-4H,1-2H3,(H,11,12). The van der Waals surface area contributed by atoms with Gasteiger partial charge in [0.1, 0.15) is 4.90 Å². The van der Waals surface area contributed by atoms with Crippen LogP contribution in [-0.2, 0) is 10.0 Å². The summed E-state index contributed by atoms with van der Waals surface area (Å²) in [6.45, 7) is 3.66. The minimum Gasteiger partial charge on any atom is -0.328 e. The van der Waals surface area contributed by atoms with Gasteiger partial charge in [-0.15, -0.1) is 4.40 Å². The summed E-state index contributed by atoms with van der Waals surface area (Å²) >= 11 is 5.60.